The first-order valence-corrected chi connectivity index (χ1v) is 13.1. The minimum absolute atomic E-state index is 0.138. The van der Waals surface area contributed by atoms with Crippen LogP contribution in [0.4, 0.5) is 20.7 Å². The highest BCUT2D eigenvalue weighted by molar-refractivity contribution is 5.70. The fourth-order valence-corrected chi connectivity index (χ4v) is 5.24. The van der Waals surface area contributed by atoms with E-state index >= 15 is 0 Å². The second-order valence-electron chi connectivity index (χ2n) is 10.9. The number of carbonyl (C=O) groups is 1. The number of amides is 1. The molecule has 2 unspecified atom stereocenters. The minimum atomic E-state index is -0.339. The maximum absolute atomic E-state index is 14.8. The predicted molar refractivity (Wildman–Crippen MR) is 133 cm³/mol. The van der Waals surface area contributed by atoms with Gasteiger partial charge in [-0.3, -0.25) is 4.90 Å². The number of fused-ring (bicyclic) bond motifs is 2. The van der Waals surface area contributed by atoms with Gasteiger partial charge in [0.25, 0.3) is 5.88 Å². The van der Waals surface area contributed by atoms with Crippen LogP contribution in [0.2, 0.25) is 0 Å². The van der Waals surface area contributed by atoms with E-state index < -0.39 is 0 Å². The Bertz CT molecular complexity index is 1160. The Hall–Kier alpha value is -3.14. The first-order valence-electron chi connectivity index (χ1n) is 13.1. The minimum Gasteiger partial charge on any atom is -0.489 e. The van der Waals surface area contributed by atoms with Crippen molar-refractivity contribution in [2.75, 3.05) is 25.6 Å². The topological polar surface area (TPSA) is 95.0 Å². The molecule has 1 N–H and O–H groups in total. The highest BCUT2D eigenvalue weighted by Crippen LogP contribution is 2.41. The van der Waals surface area contributed by atoms with E-state index in [0.717, 1.165) is 24.8 Å². The second kappa shape index (κ2) is 9.63. The molecule has 3 heterocycles. The molecule has 10 heteroatoms. The molecule has 2 aliphatic carbocycles. The molecule has 1 aromatic carbocycles. The fraction of sp³-hybridized carbons (Fsp3) is 0.593. The van der Waals surface area contributed by atoms with Crippen LogP contribution >= 0.6 is 0 Å². The number of nitrogens with one attached hydrogen (secondary N) is 1. The van der Waals surface area contributed by atoms with Crippen LogP contribution in [0.5, 0.6) is 11.6 Å². The van der Waals surface area contributed by atoms with E-state index in [1.807, 2.05) is 17.9 Å². The van der Waals surface area contributed by atoms with E-state index in [1.165, 1.54) is 26.3 Å². The molecule has 0 radical (unpaired) electrons. The van der Waals surface area contributed by atoms with Crippen molar-refractivity contribution in [3.63, 3.8) is 0 Å². The Morgan fingerprint density at radius 1 is 1.22 bits per heavy atom. The quantitative estimate of drug-likeness (QED) is 0.548. The second-order valence-corrected chi connectivity index (χ2v) is 10.9. The number of hydrogen-bond donors (Lipinski definition) is 1. The van der Waals surface area contributed by atoms with Crippen molar-refractivity contribution in [1.82, 2.24) is 14.9 Å². The molecule has 2 aromatic rings. The van der Waals surface area contributed by atoms with Gasteiger partial charge in [0.05, 0.1) is 38.1 Å². The van der Waals surface area contributed by atoms with E-state index in [4.69, 9.17) is 18.9 Å². The molecule has 6 rings (SSSR count). The number of hydrogen-bond acceptors (Lipinski definition) is 8. The molecule has 2 saturated heterocycles. The van der Waals surface area contributed by atoms with Gasteiger partial charge < -0.3 is 24.3 Å². The number of benzene rings is 1. The zero-order valence-corrected chi connectivity index (χ0v) is 21.2. The number of morpholine rings is 1. The average Bonchev–Trinajstić information content (AvgIpc) is 3.79. The molecular formula is C27H33FN4O5. The molecule has 4 fully saturated rings. The molecule has 37 heavy (non-hydrogen) atoms. The van der Waals surface area contributed by atoms with Crippen molar-refractivity contribution in [3.8, 4) is 11.6 Å². The van der Waals surface area contributed by atoms with Crippen LogP contribution in [-0.2, 0) is 15.9 Å². The van der Waals surface area contributed by atoms with E-state index in [2.05, 4.69) is 15.3 Å². The number of nitrogens with zero attached hydrogens (tertiary/aromatic N) is 3. The van der Waals surface area contributed by atoms with Gasteiger partial charge >= 0.3 is 6.09 Å². The van der Waals surface area contributed by atoms with E-state index in [9.17, 15) is 9.18 Å². The van der Waals surface area contributed by atoms with E-state index in [0.29, 0.717) is 49.2 Å². The Balaban J connectivity index is 1.15. The first kappa shape index (κ1) is 24.2. The lowest BCUT2D eigenvalue weighted by Crippen LogP contribution is -2.61. The zero-order chi connectivity index (χ0) is 25.6. The number of ether oxygens (including phenoxy) is 4. The molecule has 0 spiro atoms. The number of halogens is 1. The summed E-state index contributed by atoms with van der Waals surface area (Å²) >= 11 is 0. The SMILES string of the molecule is COc1c(Nc2ccc(CC3CC3)cc2F)ncnc1OC1CC2COCC(C1)N2C(=O)OC1(C)CC1. The molecule has 198 valence electrons. The summed E-state index contributed by atoms with van der Waals surface area (Å²) in [7, 11) is 1.51. The van der Waals surface area contributed by atoms with Crippen LogP contribution in [0.1, 0.15) is 51.0 Å². The predicted octanol–water partition coefficient (Wildman–Crippen LogP) is 4.62. The number of rotatable bonds is 8. The molecule has 4 aliphatic rings. The standard InChI is InChI=1S/C27H33FN4O5/c1-27(7-8-27)37-26(33)32-18-11-20(12-19(32)14-35-13-18)36-25-23(34-2)24(29-15-30-25)31-22-6-5-17(10-21(22)28)9-16-3-4-16/h5-6,10,15-16,18-20H,3-4,7-9,11-14H2,1-2H3,(H,29,30,31). The monoisotopic (exact) mass is 512 g/mol. The van der Waals surface area contributed by atoms with E-state index in [-0.39, 0.29) is 41.6 Å². The van der Waals surface area contributed by atoms with Crippen LogP contribution in [-0.4, -0.2) is 65.1 Å². The molecule has 2 atom stereocenters. The van der Waals surface area contributed by atoms with Crippen LogP contribution in [0.3, 0.4) is 0 Å². The van der Waals surface area contributed by atoms with Crippen molar-refractivity contribution in [3.05, 3.63) is 35.9 Å². The first-order chi connectivity index (χ1) is 17.9. The third-order valence-corrected chi connectivity index (χ3v) is 7.74. The summed E-state index contributed by atoms with van der Waals surface area (Å²) in [6, 6.07) is 4.97. The van der Waals surface area contributed by atoms with Gasteiger partial charge in [0.2, 0.25) is 5.75 Å². The number of carbonyl (C=O) groups excluding carboxylic acids is 1. The third kappa shape index (κ3) is 5.30. The molecular weight excluding hydrogens is 479 g/mol. The lowest BCUT2D eigenvalue weighted by atomic mass is 9.92. The maximum Gasteiger partial charge on any atom is 0.410 e. The van der Waals surface area contributed by atoms with Gasteiger partial charge in [-0.1, -0.05) is 6.07 Å². The van der Waals surface area contributed by atoms with Gasteiger partial charge in [0.15, 0.2) is 5.82 Å². The molecule has 2 saturated carbocycles. The number of aromatic nitrogens is 2. The summed E-state index contributed by atoms with van der Waals surface area (Å²) in [5.74, 6) is 1.24. The lowest BCUT2D eigenvalue weighted by Gasteiger charge is -2.47. The van der Waals surface area contributed by atoms with Crippen molar-refractivity contribution in [1.29, 1.82) is 0 Å². The summed E-state index contributed by atoms with van der Waals surface area (Å²) in [5.41, 5.74) is 0.986. The van der Waals surface area contributed by atoms with Crippen LogP contribution < -0.4 is 14.8 Å². The fourth-order valence-electron chi connectivity index (χ4n) is 5.24. The smallest absolute Gasteiger partial charge is 0.410 e. The van der Waals surface area contributed by atoms with E-state index in [1.54, 1.807) is 12.1 Å². The summed E-state index contributed by atoms with van der Waals surface area (Å²) in [6.45, 7) is 2.84. The van der Waals surface area contributed by atoms with Crippen molar-refractivity contribution in [2.24, 2.45) is 5.92 Å². The Morgan fingerprint density at radius 2 is 1.97 bits per heavy atom. The van der Waals surface area contributed by atoms with Gasteiger partial charge in [-0.2, -0.15) is 4.98 Å². The van der Waals surface area contributed by atoms with Crippen LogP contribution in [0, 0.1) is 11.7 Å². The van der Waals surface area contributed by atoms with Gasteiger partial charge in [0, 0.05) is 12.8 Å². The third-order valence-electron chi connectivity index (χ3n) is 7.74. The molecule has 9 nitrogen and oxygen atoms in total. The number of piperidine rings is 1. The van der Waals surface area contributed by atoms with Crippen LogP contribution in [0.15, 0.2) is 24.5 Å². The highest BCUT2D eigenvalue weighted by atomic mass is 19.1. The number of methoxy groups -OCH3 is 1. The molecule has 1 amide bonds. The molecule has 2 bridgehead atoms. The van der Waals surface area contributed by atoms with Crippen LogP contribution in [0.25, 0.3) is 0 Å². The Labute approximate surface area is 215 Å². The van der Waals surface area contributed by atoms with Gasteiger partial charge in [-0.05, 0) is 62.6 Å². The van der Waals surface area contributed by atoms with Gasteiger partial charge in [-0.15, -0.1) is 0 Å². The van der Waals surface area contributed by atoms with Crippen molar-refractivity contribution < 1.29 is 28.1 Å². The highest BCUT2D eigenvalue weighted by Gasteiger charge is 2.48. The molecule has 1 aromatic heterocycles. The Kier molecular flexibility index (Phi) is 6.30. The number of anilines is 2. The summed E-state index contributed by atoms with van der Waals surface area (Å²) in [4.78, 5) is 23.3. The lowest BCUT2D eigenvalue weighted by molar-refractivity contribution is -0.0957. The summed E-state index contributed by atoms with van der Waals surface area (Å²) in [6.07, 6.45) is 7.22. The normalized spacial score (nSPS) is 25.8. The molecule has 2 aliphatic heterocycles. The zero-order valence-electron chi connectivity index (χ0n) is 21.2. The van der Waals surface area contributed by atoms with Gasteiger partial charge in [0.1, 0.15) is 23.8 Å². The maximum atomic E-state index is 14.8. The largest absolute Gasteiger partial charge is 0.489 e. The summed E-state index contributed by atoms with van der Waals surface area (Å²) < 4.78 is 38.2. The summed E-state index contributed by atoms with van der Waals surface area (Å²) in [5, 5.41) is 3.03. The average molecular weight is 513 g/mol. The van der Waals surface area contributed by atoms with Gasteiger partial charge in [-0.25, -0.2) is 14.2 Å². The van der Waals surface area contributed by atoms with Crippen molar-refractivity contribution in [2.45, 2.75) is 75.7 Å². The van der Waals surface area contributed by atoms with Crippen molar-refractivity contribution >= 4 is 17.6 Å². The Morgan fingerprint density at radius 3 is 2.62 bits per heavy atom.